The van der Waals surface area contributed by atoms with Crippen LogP contribution in [-0.4, -0.2) is 16.8 Å². The summed E-state index contributed by atoms with van der Waals surface area (Å²) >= 11 is 4.20. The zero-order valence-electron chi connectivity index (χ0n) is 22.9. The van der Waals surface area contributed by atoms with E-state index in [1.54, 1.807) is 0 Å². The SMILES string of the molecule is CCCCCCCCCCCCCCCCCC(=O)O.CCCCCCCCCCCCS. The summed E-state index contributed by atoms with van der Waals surface area (Å²) in [6.07, 6.45) is 34.4. The van der Waals surface area contributed by atoms with Gasteiger partial charge in [0.25, 0.3) is 0 Å². The second kappa shape index (κ2) is 34.0. The zero-order valence-corrected chi connectivity index (χ0v) is 23.8. The molecule has 0 unspecified atom stereocenters. The minimum Gasteiger partial charge on any atom is -0.481 e. The number of carbonyl (C=O) groups is 1. The first-order chi connectivity index (χ1) is 16.2. The van der Waals surface area contributed by atoms with E-state index in [-0.39, 0.29) is 0 Å². The van der Waals surface area contributed by atoms with Crippen LogP contribution in [0.3, 0.4) is 0 Å². The third-order valence-electron chi connectivity index (χ3n) is 6.51. The van der Waals surface area contributed by atoms with Gasteiger partial charge in [-0.05, 0) is 18.6 Å². The molecule has 2 nitrogen and oxygen atoms in total. The Kier molecular flexibility index (Phi) is 36.0. The smallest absolute Gasteiger partial charge is 0.303 e. The van der Waals surface area contributed by atoms with Crippen molar-refractivity contribution in [1.29, 1.82) is 0 Å². The molecule has 0 heterocycles. The summed E-state index contributed by atoms with van der Waals surface area (Å²) in [7, 11) is 0. The predicted molar refractivity (Wildman–Crippen MR) is 153 cm³/mol. The van der Waals surface area contributed by atoms with E-state index in [2.05, 4.69) is 26.5 Å². The molecule has 200 valence electrons. The van der Waals surface area contributed by atoms with E-state index < -0.39 is 5.97 Å². The molecule has 33 heavy (non-hydrogen) atoms. The number of rotatable bonds is 26. The first-order valence-corrected chi connectivity index (χ1v) is 15.6. The Morgan fingerprint density at radius 3 is 0.939 bits per heavy atom. The molecule has 0 aliphatic carbocycles. The van der Waals surface area contributed by atoms with E-state index in [0.717, 1.165) is 18.6 Å². The number of thiol groups is 1. The van der Waals surface area contributed by atoms with Gasteiger partial charge in [0.2, 0.25) is 0 Å². The Morgan fingerprint density at radius 1 is 0.455 bits per heavy atom. The molecule has 0 aromatic carbocycles. The molecular weight excluding hydrogens is 424 g/mol. The van der Waals surface area contributed by atoms with Crippen LogP contribution in [0.4, 0.5) is 0 Å². The highest BCUT2D eigenvalue weighted by Gasteiger charge is 1.97. The molecule has 0 fully saturated rings. The summed E-state index contributed by atoms with van der Waals surface area (Å²) in [4.78, 5) is 10.3. The highest BCUT2D eigenvalue weighted by atomic mass is 32.1. The lowest BCUT2D eigenvalue weighted by Crippen LogP contribution is -1.93. The van der Waals surface area contributed by atoms with Gasteiger partial charge in [0.15, 0.2) is 0 Å². The fourth-order valence-electron chi connectivity index (χ4n) is 4.25. The molecule has 0 saturated heterocycles. The maximum absolute atomic E-state index is 10.3. The molecule has 3 heteroatoms. The van der Waals surface area contributed by atoms with E-state index in [1.165, 1.54) is 148 Å². The third-order valence-corrected chi connectivity index (χ3v) is 6.82. The van der Waals surface area contributed by atoms with Crippen LogP contribution in [0.5, 0.6) is 0 Å². The molecule has 0 radical (unpaired) electrons. The van der Waals surface area contributed by atoms with Gasteiger partial charge in [0.1, 0.15) is 0 Å². The number of aliphatic carboxylic acids is 1. The summed E-state index contributed by atoms with van der Waals surface area (Å²) in [5.41, 5.74) is 0. The maximum atomic E-state index is 10.3. The van der Waals surface area contributed by atoms with Gasteiger partial charge in [-0.3, -0.25) is 4.79 Å². The second-order valence-electron chi connectivity index (χ2n) is 10.00. The lowest BCUT2D eigenvalue weighted by Gasteiger charge is -2.03. The fraction of sp³-hybridized carbons (Fsp3) is 0.967. The van der Waals surface area contributed by atoms with Crippen LogP contribution in [0.1, 0.15) is 181 Å². The molecule has 0 bridgehead atoms. The lowest BCUT2D eigenvalue weighted by molar-refractivity contribution is -0.137. The van der Waals surface area contributed by atoms with E-state index in [9.17, 15) is 4.79 Å². The Bertz CT molecular complexity index is 336. The van der Waals surface area contributed by atoms with Crippen LogP contribution >= 0.6 is 12.6 Å². The molecule has 0 aliphatic heterocycles. The summed E-state index contributed by atoms with van der Waals surface area (Å²) in [6, 6.07) is 0. The standard InChI is InChI=1S/C18H36O2.C12H26S/c1-2-3-4-5-6-7-8-9-10-11-12-13-14-15-16-17-18(19)20;1-2-3-4-5-6-7-8-9-10-11-12-13/h2-17H2,1H3,(H,19,20);13H,2-12H2,1H3. The van der Waals surface area contributed by atoms with E-state index >= 15 is 0 Å². The van der Waals surface area contributed by atoms with Crippen molar-refractivity contribution in [1.82, 2.24) is 0 Å². The van der Waals surface area contributed by atoms with E-state index in [1.807, 2.05) is 0 Å². The molecule has 0 aromatic rings. The highest BCUT2D eigenvalue weighted by molar-refractivity contribution is 7.80. The quantitative estimate of drug-likeness (QED) is 0.0941. The normalized spacial score (nSPS) is 10.8. The van der Waals surface area contributed by atoms with Gasteiger partial charge in [-0.15, -0.1) is 0 Å². The Balaban J connectivity index is 0. The topological polar surface area (TPSA) is 37.3 Å². The summed E-state index contributed by atoms with van der Waals surface area (Å²) in [5, 5.41) is 8.52. The Labute approximate surface area is 214 Å². The van der Waals surface area contributed by atoms with Gasteiger partial charge in [0, 0.05) is 6.42 Å². The first kappa shape index (κ1) is 35.0. The average Bonchev–Trinajstić information content (AvgIpc) is 2.81. The molecule has 0 spiro atoms. The summed E-state index contributed by atoms with van der Waals surface area (Å²) in [6.45, 7) is 4.55. The van der Waals surface area contributed by atoms with Crippen molar-refractivity contribution in [2.24, 2.45) is 0 Å². The number of unbranched alkanes of at least 4 members (excludes halogenated alkanes) is 23. The van der Waals surface area contributed by atoms with Crippen molar-refractivity contribution in [3.63, 3.8) is 0 Å². The number of carboxylic acids is 1. The van der Waals surface area contributed by atoms with Gasteiger partial charge in [-0.25, -0.2) is 0 Å². The molecule has 0 amide bonds. The molecular formula is C30H62O2S. The van der Waals surface area contributed by atoms with Crippen molar-refractivity contribution >= 4 is 18.6 Å². The predicted octanol–water partition coefficient (Wildman–Crippen LogP) is 11.2. The average molecular weight is 487 g/mol. The molecule has 0 rings (SSSR count). The molecule has 0 aliphatic rings. The molecule has 0 aromatic heterocycles. The molecule has 0 saturated carbocycles. The van der Waals surface area contributed by atoms with Gasteiger partial charge in [-0.1, -0.05) is 162 Å². The van der Waals surface area contributed by atoms with Crippen LogP contribution in [-0.2, 0) is 4.79 Å². The van der Waals surface area contributed by atoms with Gasteiger partial charge in [-0.2, -0.15) is 12.6 Å². The monoisotopic (exact) mass is 486 g/mol. The lowest BCUT2D eigenvalue weighted by atomic mass is 10.0. The number of hydrogen-bond acceptors (Lipinski definition) is 2. The van der Waals surface area contributed by atoms with Crippen molar-refractivity contribution in [2.45, 2.75) is 181 Å². The molecule has 1 N–H and O–H groups in total. The molecule has 0 atom stereocenters. The Morgan fingerprint density at radius 2 is 0.697 bits per heavy atom. The van der Waals surface area contributed by atoms with E-state index in [0.29, 0.717) is 6.42 Å². The Hall–Kier alpha value is -0.180. The summed E-state index contributed by atoms with van der Waals surface area (Å²) in [5.74, 6) is 0.413. The number of carboxylic acid groups (broad SMARTS) is 1. The maximum Gasteiger partial charge on any atom is 0.303 e. The minimum absolute atomic E-state index is 0.345. The minimum atomic E-state index is -0.653. The third kappa shape index (κ3) is 39.3. The second-order valence-corrected chi connectivity index (χ2v) is 10.4. The van der Waals surface area contributed by atoms with Crippen LogP contribution in [0.15, 0.2) is 0 Å². The van der Waals surface area contributed by atoms with Crippen molar-refractivity contribution in [3.8, 4) is 0 Å². The van der Waals surface area contributed by atoms with Crippen LogP contribution in [0.2, 0.25) is 0 Å². The van der Waals surface area contributed by atoms with Crippen molar-refractivity contribution < 1.29 is 9.90 Å². The number of hydrogen-bond donors (Lipinski definition) is 2. The van der Waals surface area contributed by atoms with Crippen LogP contribution in [0.25, 0.3) is 0 Å². The van der Waals surface area contributed by atoms with Crippen LogP contribution in [0, 0.1) is 0 Å². The van der Waals surface area contributed by atoms with E-state index in [4.69, 9.17) is 5.11 Å². The highest BCUT2D eigenvalue weighted by Crippen LogP contribution is 2.14. The summed E-state index contributed by atoms with van der Waals surface area (Å²) < 4.78 is 0. The first-order valence-electron chi connectivity index (χ1n) is 15.0. The largest absolute Gasteiger partial charge is 0.481 e. The zero-order chi connectivity index (χ0) is 24.7. The van der Waals surface area contributed by atoms with Crippen molar-refractivity contribution in [2.75, 3.05) is 5.75 Å². The van der Waals surface area contributed by atoms with Gasteiger partial charge >= 0.3 is 5.97 Å². The van der Waals surface area contributed by atoms with Gasteiger partial charge in [0.05, 0.1) is 0 Å². The van der Waals surface area contributed by atoms with Crippen molar-refractivity contribution in [3.05, 3.63) is 0 Å². The van der Waals surface area contributed by atoms with Gasteiger partial charge < -0.3 is 5.11 Å². The fourth-order valence-corrected chi connectivity index (χ4v) is 4.47. The van der Waals surface area contributed by atoms with Crippen LogP contribution < -0.4 is 0 Å².